The number of hydrogen-bond acceptors (Lipinski definition) is 2. The molecule has 82 valence electrons. The quantitative estimate of drug-likeness (QED) is 0.805. The van der Waals surface area contributed by atoms with Crippen LogP contribution in [0.1, 0.15) is 12.5 Å². The first-order chi connectivity index (χ1) is 7.04. The van der Waals surface area contributed by atoms with Gasteiger partial charge in [-0.25, -0.2) is 4.39 Å². The largest absolute Gasteiger partial charge is 0.481 e. The van der Waals surface area contributed by atoms with Gasteiger partial charge in [0.25, 0.3) is 0 Å². The van der Waals surface area contributed by atoms with Crippen molar-refractivity contribution in [3.63, 3.8) is 0 Å². The third kappa shape index (κ3) is 3.23. The molecule has 0 aliphatic heterocycles. The second-order valence-electron chi connectivity index (χ2n) is 3.40. The molecule has 0 spiro atoms. The van der Waals surface area contributed by atoms with Gasteiger partial charge in [0, 0.05) is 4.90 Å². The van der Waals surface area contributed by atoms with E-state index in [1.807, 2.05) is 6.26 Å². The van der Waals surface area contributed by atoms with E-state index in [2.05, 4.69) is 0 Å². The van der Waals surface area contributed by atoms with Gasteiger partial charge in [-0.1, -0.05) is 6.92 Å². The second-order valence-corrected chi connectivity index (χ2v) is 4.28. The summed E-state index contributed by atoms with van der Waals surface area (Å²) in [5, 5.41) is 8.73. The minimum Gasteiger partial charge on any atom is -0.481 e. The van der Waals surface area contributed by atoms with Gasteiger partial charge in [-0.15, -0.1) is 11.8 Å². The molecular weight excluding hydrogens is 215 g/mol. The average molecular weight is 228 g/mol. The zero-order chi connectivity index (χ0) is 11.4. The lowest BCUT2D eigenvalue weighted by molar-refractivity contribution is -0.141. The van der Waals surface area contributed by atoms with Crippen LogP contribution >= 0.6 is 11.8 Å². The fourth-order valence-corrected chi connectivity index (χ4v) is 1.72. The molecule has 0 saturated heterocycles. The molecule has 1 atom stereocenters. The Kier molecular flexibility index (Phi) is 4.15. The summed E-state index contributed by atoms with van der Waals surface area (Å²) >= 11 is 1.51. The molecule has 0 heterocycles. The van der Waals surface area contributed by atoms with Gasteiger partial charge < -0.3 is 5.11 Å². The van der Waals surface area contributed by atoms with Crippen LogP contribution in [0.5, 0.6) is 0 Å². The first kappa shape index (κ1) is 12.0. The number of aliphatic carboxylic acids is 1. The highest BCUT2D eigenvalue weighted by Crippen LogP contribution is 2.20. The number of carboxylic acid groups (broad SMARTS) is 1. The molecule has 1 aromatic rings. The predicted octanol–water partition coefficient (Wildman–Crippen LogP) is 2.81. The van der Waals surface area contributed by atoms with Gasteiger partial charge in [0.2, 0.25) is 0 Å². The Morgan fingerprint density at radius 1 is 1.60 bits per heavy atom. The molecule has 0 bridgehead atoms. The van der Waals surface area contributed by atoms with Crippen molar-refractivity contribution in [3.8, 4) is 0 Å². The molecule has 1 rings (SSSR count). The summed E-state index contributed by atoms with van der Waals surface area (Å²) in [6, 6.07) is 4.78. The van der Waals surface area contributed by atoms with Crippen LogP contribution in [0.2, 0.25) is 0 Å². The Labute approximate surface area is 92.5 Å². The number of hydrogen-bond donors (Lipinski definition) is 1. The summed E-state index contributed by atoms with van der Waals surface area (Å²) in [6.07, 6.45) is 2.13. The molecule has 0 aliphatic carbocycles. The third-order valence-electron chi connectivity index (χ3n) is 2.20. The van der Waals surface area contributed by atoms with Crippen molar-refractivity contribution in [2.75, 3.05) is 6.26 Å². The predicted molar refractivity (Wildman–Crippen MR) is 58.7 cm³/mol. The van der Waals surface area contributed by atoms with E-state index >= 15 is 0 Å². The number of rotatable bonds is 4. The van der Waals surface area contributed by atoms with Crippen molar-refractivity contribution in [2.45, 2.75) is 18.2 Å². The highest BCUT2D eigenvalue weighted by atomic mass is 32.2. The number of benzene rings is 1. The molecule has 0 aliphatic rings. The Hall–Kier alpha value is -1.03. The Morgan fingerprint density at radius 2 is 2.27 bits per heavy atom. The van der Waals surface area contributed by atoms with Crippen LogP contribution in [0.4, 0.5) is 4.39 Å². The first-order valence-electron chi connectivity index (χ1n) is 4.59. The summed E-state index contributed by atoms with van der Waals surface area (Å²) < 4.78 is 13.3. The molecule has 0 aromatic heterocycles. The zero-order valence-corrected chi connectivity index (χ0v) is 9.47. The van der Waals surface area contributed by atoms with Gasteiger partial charge in [0.15, 0.2) is 0 Å². The molecule has 2 nitrogen and oxygen atoms in total. The fraction of sp³-hybridized carbons (Fsp3) is 0.364. The van der Waals surface area contributed by atoms with Crippen molar-refractivity contribution in [1.82, 2.24) is 0 Å². The fourth-order valence-electron chi connectivity index (χ4n) is 1.25. The van der Waals surface area contributed by atoms with Gasteiger partial charge in [-0.3, -0.25) is 4.79 Å². The van der Waals surface area contributed by atoms with E-state index in [-0.39, 0.29) is 12.2 Å². The number of carboxylic acids is 1. The molecule has 1 aromatic carbocycles. The van der Waals surface area contributed by atoms with Crippen LogP contribution in [0.25, 0.3) is 0 Å². The summed E-state index contributed by atoms with van der Waals surface area (Å²) in [4.78, 5) is 11.6. The van der Waals surface area contributed by atoms with Crippen molar-refractivity contribution in [1.29, 1.82) is 0 Å². The maximum atomic E-state index is 13.3. The maximum Gasteiger partial charge on any atom is 0.306 e. The molecular formula is C11H13FO2S. The molecule has 0 saturated carbocycles. The van der Waals surface area contributed by atoms with Gasteiger partial charge in [-0.2, -0.15) is 0 Å². The summed E-state index contributed by atoms with van der Waals surface area (Å²) in [5.41, 5.74) is 0.469. The Balaban J connectivity index is 2.88. The number of halogens is 1. The second kappa shape index (κ2) is 5.16. The van der Waals surface area contributed by atoms with Gasteiger partial charge in [-0.05, 0) is 36.4 Å². The van der Waals surface area contributed by atoms with Gasteiger partial charge in [0.05, 0.1) is 5.92 Å². The van der Waals surface area contributed by atoms with E-state index < -0.39 is 11.9 Å². The minimum atomic E-state index is -0.899. The molecule has 1 unspecified atom stereocenters. The number of carbonyl (C=O) groups is 1. The summed E-state index contributed by atoms with van der Waals surface area (Å²) in [7, 11) is 0. The standard InChI is InChI=1S/C11H13FO2S/c1-7(11(13)14)5-8-6-9(15-2)3-4-10(8)12/h3-4,6-7H,5H2,1-2H3,(H,13,14). The molecule has 1 N–H and O–H groups in total. The van der Waals surface area contributed by atoms with Gasteiger partial charge >= 0.3 is 5.97 Å². The highest BCUT2D eigenvalue weighted by molar-refractivity contribution is 7.98. The zero-order valence-electron chi connectivity index (χ0n) is 8.66. The van der Waals surface area contributed by atoms with E-state index in [0.717, 1.165) is 4.90 Å². The van der Waals surface area contributed by atoms with Crippen LogP contribution in [-0.4, -0.2) is 17.3 Å². The summed E-state index contributed by atoms with van der Waals surface area (Å²) in [5.74, 6) is -1.79. The minimum absolute atomic E-state index is 0.232. The molecule has 0 fully saturated rings. The molecule has 4 heteroatoms. The lowest BCUT2D eigenvalue weighted by Crippen LogP contribution is -2.13. The van der Waals surface area contributed by atoms with Crippen LogP contribution in [0.3, 0.4) is 0 Å². The van der Waals surface area contributed by atoms with Crippen molar-refractivity contribution < 1.29 is 14.3 Å². The van der Waals surface area contributed by atoms with Crippen molar-refractivity contribution in [3.05, 3.63) is 29.6 Å². The number of thioether (sulfide) groups is 1. The van der Waals surface area contributed by atoms with Crippen molar-refractivity contribution in [2.24, 2.45) is 5.92 Å². The van der Waals surface area contributed by atoms with E-state index in [0.29, 0.717) is 5.56 Å². The highest BCUT2D eigenvalue weighted by Gasteiger charge is 2.14. The topological polar surface area (TPSA) is 37.3 Å². The lowest BCUT2D eigenvalue weighted by atomic mass is 10.0. The average Bonchev–Trinajstić information content (AvgIpc) is 2.21. The van der Waals surface area contributed by atoms with Crippen molar-refractivity contribution >= 4 is 17.7 Å². The van der Waals surface area contributed by atoms with Gasteiger partial charge in [0.1, 0.15) is 5.82 Å². The third-order valence-corrected chi connectivity index (χ3v) is 2.93. The van der Waals surface area contributed by atoms with E-state index in [9.17, 15) is 9.18 Å². The molecule has 15 heavy (non-hydrogen) atoms. The Bertz CT molecular complexity index is 366. The van der Waals surface area contributed by atoms with E-state index in [4.69, 9.17) is 5.11 Å². The normalized spacial score (nSPS) is 12.5. The smallest absolute Gasteiger partial charge is 0.306 e. The monoisotopic (exact) mass is 228 g/mol. The van der Waals surface area contributed by atoms with Crippen LogP contribution in [0, 0.1) is 11.7 Å². The first-order valence-corrected chi connectivity index (χ1v) is 5.82. The van der Waals surface area contributed by atoms with Crippen LogP contribution in [0.15, 0.2) is 23.1 Å². The van der Waals surface area contributed by atoms with Crippen LogP contribution < -0.4 is 0 Å². The van der Waals surface area contributed by atoms with E-state index in [1.54, 1.807) is 19.1 Å². The summed E-state index contributed by atoms with van der Waals surface area (Å²) in [6.45, 7) is 1.58. The van der Waals surface area contributed by atoms with Crippen LogP contribution in [-0.2, 0) is 11.2 Å². The maximum absolute atomic E-state index is 13.3. The molecule has 0 amide bonds. The SMILES string of the molecule is CSc1ccc(F)c(CC(C)C(=O)O)c1. The molecule has 0 radical (unpaired) electrons. The van der Waals surface area contributed by atoms with E-state index in [1.165, 1.54) is 17.8 Å². The lowest BCUT2D eigenvalue weighted by Gasteiger charge is -2.08. The Morgan fingerprint density at radius 3 is 2.80 bits per heavy atom.